The monoisotopic (exact) mass is 355 g/mol. The van der Waals surface area contributed by atoms with Crippen LogP contribution in [0.2, 0.25) is 0 Å². The smallest absolute Gasteiger partial charge is 0.258 e. The number of hydrogen-bond acceptors (Lipinski definition) is 1. The molecule has 1 heterocycles. The van der Waals surface area contributed by atoms with Gasteiger partial charge in [-0.1, -0.05) is 77.3 Å². The molecule has 144 valence electrons. The van der Waals surface area contributed by atoms with E-state index < -0.39 is 0 Å². The summed E-state index contributed by atoms with van der Waals surface area (Å²) < 4.78 is 0. The van der Waals surface area contributed by atoms with Crippen molar-refractivity contribution in [2.75, 3.05) is 6.54 Å². The Bertz CT molecular complexity index is 662. The van der Waals surface area contributed by atoms with E-state index >= 15 is 0 Å². The summed E-state index contributed by atoms with van der Waals surface area (Å²) in [5, 5.41) is 0. The van der Waals surface area contributed by atoms with Crippen LogP contribution in [0.5, 0.6) is 0 Å². The third-order valence-corrected chi connectivity index (χ3v) is 5.80. The van der Waals surface area contributed by atoms with Crippen molar-refractivity contribution in [3.05, 3.63) is 54.1 Å². The Morgan fingerprint density at radius 3 is 2.58 bits per heavy atom. The van der Waals surface area contributed by atoms with Crippen LogP contribution in [0.15, 0.2) is 43.0 Å². The number of nitrogens with zero attached hydrogens (tertiary/aromatic N) is 1. The molecule has 1 aliphatic rings. The highest BCUT2D eigenvalue weighted by Gasteiger charge is 2.31. The van der Waals surface area contributed by atoms with Crippen molar-refractivity contribution >= 4 is 11.6 Å². The maximum absolute atomic E-state index is 12.8. The fourth-order valence-electron chi connectivity index (χ4n) is 3.53. The maximum atomic E-state index is 12.8. The molecule has 0 saturated heterocycles. The van der Waals surface area contributed by atoms with E-state index in [1.54, 1.807) is 0 Å². The van der Waals surface area contributed by atoms with Gasteiger partial charge < -0.3 is 4.90 Å². The molecule has 1 amide bonds. The number of carbonyl (C=O) groups is 1. The largest absolute Gasteiger partial charge is 0.308 e. The minimum Gasteiger partial charge on any atom is -0.308 e. The minimum absolute atomic E-state index is 0. The summed E-state index contributed by atoms with van der Waals surface area (Å²) >= 11 is 0. The first kappa shape index (κ1) is 20.5. The Morgan fingerprint density at radius 1 is 1.23 bits per heavy atom. The molecule has 1 aliphatic heterocycles. The van der Waals surface area contributed by atoms with Gasteiger partial charge in [-0.15, -0.1) is 6.58 Å². The predicted octanol–water partition coefficient (Wildman–Crippen LogP) is 6.94. The average Bonchev–Trinajstić information content (AvgIpc) is 2.90. The molecule has 2 rings (SSSR count). The van der Waals surface area contributed by atoms with Gasteiger partial charge in [-0.25, -0.2) is 0 Å². The molecule has 1 aromatic carbocycles. The summed E-state index contributed by atoms with van der Waals surface area (Å²) in [6, 6.07) is 7.95. The molecular formula is C24H37NO. The summed E-state index contributed by atoms with van der Waals surface area (Å²) in [6.45, 7) is 13.9. The molecule has 2 heteroatoms. The molecule has 26 heavy (non-hydrogen) atoms. The van der Waals surface area contributed by atoms with Gasteiger partial charge in [-0.05, 0) is 36.7 Å². The van der Waals surface area contributed by atoms with Gasteiger partial charge in [0.15, 0.2) is 0 Å². The summed E-state index contributed by atoms with van der Waals surface area (Å²) in [6.07, 6.45) is 10.9. The first-order valence-electron chi connectivity index (χ1n) is 10.1. The van der Waals surface area contributed by atoms with Crippen molar-refractivity contribution in [2.24, 2.45) is 11.3 Å². The molecule has 0 bridgehead atoms. The van der Waals surface area contributed by atoms with E-state index in [0.29, 0.717) is 11.3 Å². The molecule has 0 spiro atoms. The van der Waals surface area contributed by atoms with Crippen molar-refractivity contribution < 1.29 is 6.22 Å². The standard InChI is InChI=1S/C24H35NO.H2/c1-6-8-15-22-20-13-9-10-14-21(20)23(26)25(22)18-16-19(3)12-11-17-24(4,5)7-2;/h6,9-10,13-15,19H,1,7-8,11-12,16-18H2,2-5H3;1H/b22-15+;. The van der Waals surface area contributed by atoms with E-state index in [4.69, 9.17) is 0 Å². The van der Waals surface area contributed by atoms with Crippen LogP contribution < -0.4 is 0 Å². The fraction of sp³-hybridized carbons (Fsp3) is 0.542. The van der Waals surface area contributed by atoms with Crippen LogP contribution in [-0.4, -0.2) is 17.4 Å². The zero-order valence-corrected chi connectivity index (χ0v) is 17.1. The molecule has 0 fully saturated rings. The highest BCUT2D eigenvalue weighted by Crippen LogP contribution is 2.34. The van der Waals surface area contributed by atoms with E-state index in [0.717, 1.165) is 36.2 Å². The molecule has 2 nitrogen and oxygen atoms in total. The van der Waals surface area contributed by atoms with E-state index in [9.17, 15) is 4.79 Å². The Morgan fingerprint density at radius 2 is 1.92 bits per heavy atom. The number of allylic oxidation sites excluding steroid dienone is 2. The fourth-order valence-corrected chi connectivity index (χ4v) is 3.53. The lowest BCUT2D eigenvalue weighted by atomic mass is 9.83. The zero-order valence-electron chi connectivity index (χ0n) is 17.1. The number of hydrogen-bond donors (Lipinski definition) is 0. The molecule has 0 aromatic heterocycles. The second-order valence-electron chi connectivity index (χ2n) is 8.42. The number of carbonyl (C=O) groups excluding carboxylic acids is 1. The van der Waals surface area contributed by atoms with Gasteiger partial charge in [0.1, 0.15) is 0 Å². The number of fused-ring (bicyclic) bond motifs is 1. The lowest BCUT2D eigenvalue weighted by Crippen LogP contribution is -2.25. The Balaban J connectivity index is 0.00000364. The second-order valence-corrected chi connectivity index (χ2v) is 8.42. The number of benzene rings is 1. The van der Waals surface area contributed by atoms with Crippen molar-refractivity contribution in [3.63, 3.8) is 0 Å². The van der Waals surface area contributed by atoms with Gasteiger partial charge in [0.05, 0.1) is 0 Å². The van der Waals surface area contributed by atoms with E-state index in [1.165, 1.54) is 25.7 Å². The molecule has 1 unspecified atom stereocenters. The van der Waals surface area contributed by atoms with Crippen molar-refractivity contribution in [2.45, 2.75) is 66.2 Å². The molecule has 0 N–H and O–H groups in total. The third kappa shape index (κ3) is 5.09. The van der Waals surface area contributed by atoms with E-state index in [-0.39, 0.29) is 7.33 Å². The third-order valence-electron chi connectivity index (χ3n) is 5.80. The molecule has 0 aliphatic carbocycles. The van der Waals surface area contributed by atoms with Crippen molar-refractivity contribution in [1.29, 1.82) is 0 Å². The van der Waals surface area contributed by atoms with Gasteiger partial charge in [0, 0.05) is 24.8 Å². The highest BCUT2D eigenvalue weighted by atomic mass is 16.2. The summed E-state index contributed by atoms with van der Waals surface area (Å²) in [4.78, 5) is 14.8. The van der Waals surface area contributed by atoms with Crippen LogP contribution in [-0.2, 0) is 0 Å². The molecule has 1 aromatic rings. The van der Waals surface area contributed by atoms with Crippen LogP contribution in [0.3, 0.4) is 0 Å². The Hall–Kier alpha value is -1.83. The van der Waals surface area contributed by atoms with Crippen molar-refractivity contribution in [1.82, 2.24) is 4.90 Å². The number of rotatable bonds is 10. The molecule has 0 radical (unpaired) electrons. The first-order valence-corrected chi connectivity index (χ1v) is 10.1. The zero-order chi connectivity index (χ0) is 19.2. The quantitative estimate of drug-likeness (QED) is 0.416. The van der Waals surface area contributed by atoms with Crippen LogP contribution >= 0.6 is 0 Å². The minimum atomic E-state index is 0. The molecule has 1 atom stereocenters. The summed E-state index contributed by atoms with van der Waals surface area (Å²) in [7, 11) is 0. The van der Waals surface area contributed by atoms with Crippen LogP contribution in [0.1, 0.15) is 83.6 Å². The maximum Gasteiger partial charge on any atom is 0.258 e. The van der Waals surface area contributed by atoms with Crippen LogP contribution in [0, 0.1) is 11.3 Å². The second kappa shape index (κ2) is 9.21. The van der Waals surface area contributed by atoms with Crippen molar-refractivity contribution in [3.8, 4) is 0 Å². The Labute approximate surface area is 161 Å². The number of amides is 1. The van der Waals surface area contributed by atoms with Gasteiger partial charge in [0.25, 0.3) is 5.91 Å². The molecular weight excluding hydrogens is 318 g/mol. The summed E-state index contributed by atoms with van der Waals surface area (Å²) in [5.41, 5.74) is 3.41. The molecule has 0 saturated carbocycles. The van der Waals surface area contributed by atoms with Crippen LogP contribution in [0.25, 0.3) is 5.70 Å². The Kier molecular flexibility index (Phi) is 7.25. The lowest BCUT2D eigenvalue weighted by molar-refractivity contribution is 0.0844. The summed E-state index contributed by atoms with van der Waals surface area (Å²) in [5.74, 6) is 0.787. The lowest BCUT2D eigenvalue weighted by Gasteiger charge is -2.24. The van der Waals surface area contributed by atoms with Gasteiger partial charge in [0.2, 0.25) is 0 Å². The highest BCUT2D eigenvalue weighted by molar-refractivity contribution is 6.09. The van der Waals surface area contributed by atoms with E-state index in [1.807, 2.05) is 29.2 Å². The first-order chi connectivity index (χ1) is 12.4. The topological polar surface area (TPSA) is 20.3 Å². The van der Waals surface area contributed by atoms with Gasteiger partial charge in [-0.3, -0.25) is 4.79 Å². The normalized spacial score (nSPS) is 16.8. The predicted molar refractivity (Wildman–Crippen MR) is 114 cm³/mol. The average molecular weight is 356 g/mol. The van der Waals surface area contributed by atoms with Crippen LogP contribution in [0.4, 0.5) is 0 Å². The van der Waals surface area contributed by atoms with E-state index in [2.05, 4.69) is 46.4 Å². The van der Waals surface area contributed by atoms with Gasteiger partial charge in [-0.2, -0.15) is 0 Å². The van der Waals surface area contributed by atoms with Gasteiger partial charge >= 0.3 is 0 Å². The SMILES string of the molecule is C=CC/C=C1\c2ccccc2C(=O)N1CCC(C)CCCC(C)(C)CC.[HH].